The number of aliphatic hydroxyl groups is 20. The van der Waals surface area contributed by atoms with Gasteiger partial charge in [0.2, 0.25) is 5.91 Å². The smallest absolute Gasteiger partial charge is 0.326 e. The predicted octanol–water partition coefficient (Wildman–Crippen LogP) is -15.7. The van der Waals surface area contributed by atoms with Crippen molar-refractivity contribution in [2.45, 2.75) is 234 Å². The Hall–Kier alpha value is -3.25. The van der Waals surface area contributed by atoms with Crippen LogP contribution in [-0.2, 0) is 82.3 Å². The van der Waals surface area contributed by atoms with E-state index >= 15 is 0 Å². The summed E-state index contributed by atoms with van der Waals surface area (Å²) in [4.78, 5) is 31.6. The number of imidazole rings is 1. The zero-order valence-electron chi connectivity index (χ0n) is 48.4. The van der Waals surface area contributed by atoms with E-state index in [1.807, 2.05) is 0 Å². The molecule has 1 aromatic rings. The fourth-order valence-electron chi connectivity index (χ4n) is 12.0. The molecule has 36 atom stereocenters. The van der Waals surface area contributed by atoms with Gasteiger partial charge in [0, 0.05) is 37.8 Å². The average molecular weight is 1340 g/mol. The van der Waals surface area contributed by atoms with E-state index in [1.54, 1.807) is 0 Å². The van der Waals surface area contributed by atoms with Crippen molar-refractivity contribution in [1.82, 2.24) is 20.6 Å². The number of aliphatic hydroxyl groups excluding tert-OH is 20. The van der Waals surface area contributed by atoms with Gasteiger partial charge in [-0.05, 0) is 0 Å². The van der Waals surface area contributed by atoms with Crippen LogP contribution in [0.15, 0.2) is 12.5 Å². The largest absolute Gasteiger partial charge is 0.480 e. The molecule has 0 aliphatic carbocycles. The normalized spacial score (nSPS) is 48.5. The Kier molecular flexibility index (Phi) is 25.4. The fraction of sp³-hybridized carbons (Fsp3) is 0.902. The first-order chi connectivity index (χ1) is 43.9. The third-order valence-corrected chi connectivity index (χ3v) is 17.1. The van der Waals surface area contributed by atoms with Crippen molar-refractivity contribution in [2.75, 3.05) is 52.7 Å². The summed E-state index contributed by atoms with van der Waals surface area (Å²) in [5, 5.41) is 239. The van der Waals surface area contributed by atoms with Crippen LogP contribution in [0.5, 0.6) is 0 Å². The van der Waals surface area contributed by atoms with Crippen LogP contribution in [0.3, 0.4) is 0 Å². The highest BCUT2D eigenvalue weighted by Gasteiger charge is 2.59. The first kappa shape index (κ1) is 73.0. The molecular formula is C51H82N4O37. The van der Waals surface area contributed by atoms with E-state index in [0.717, 1.165) is 0 Å². The van der Waals surface area contributed by atoms with Crippen LogP contribution < -0.4 is 10.6 Å². The molecule has 1 aromatic heterocycles. The quantitative estimate of drug-likeness (QED) is 0.0725. The highest BCUT2D eigenvalue weighted by atomic mass is 16.8. The van der Waals surface area contributed by atoms with E-state index in [1.165, 1.54) is 12.5 Å². The number of nitrogens with zero attached hydrogens (tertiary/aromatic N) is 1. The Labute approximate surface area is 519 Å². The second-order valence-corrected chi connectivity index (χ2v) is 23.2. The Bertz CT molecular complexity index is 2440. The van der Waals surface area contributed by atoms with Gasteiger partial charge >= 0.3 is 5.97 Å². The second kappa shape index (κ2) is 32.0. The van der Waals surface area contributed by atoms with E-state index in [-0.39, 0.29) is 13.0 Å². The number of ether oxygens (including phenoxy) is 14. The summed E-state index contributed by atoms with van der Waals surface area (Å²) < 4.78 is 81.1. The van der Waals surface area contributed by atoms with Crippen molar-refractivity contribution >= 4 is 11.9 Å². The van der Waals surface area contributed by atoms with Crippen LogP contribution in [0, 0.1) is 0 Å². The number of aromatic amines is 1. The number of hydrogen-bond acceptors (Lipinski definition) is 38. The molecule has 24 N–H and O–H groups in total. The molecule has 1 amide bonds. The molecule has 21 aliphatic rings. The van der Waals surface area contributed by atoms with Gasteiger partial charge in [-0.15, -0.1) is 0 Å². The maximum Gasteiger partial charge on any atom is 0.326 e. The monoisotopic (exact) mass is 1340 g/mol. The van der Waals surface area contributed by atoms with Crippen molar-refractivity contribution in [3.63, 3.8) is 0 Å². The molecule has 0 unspecified atom stereocenters. The number of H-pyrrole nitrogens is 1. The van der Waals surface area contributed by atoms with E-state index in [4.69, 9.17) is 66.3 Å². The minimum atomic E-state index is -2.27. The topological polar surface area (TPSA) is 641 Å². The molecule has 22 heterocycles. The van der Waals surface area contributed by atoms with Crippen LogP contribution in [0.2, 0.25) is 0 Å². The maximum atomic E-state index is 13.0. The molecule has 0 saturated carbocycles. The number of carboxylic acid groups (broad SMARTS) is 1. The average Bonchev–Trinajstić information content (AvgIpc) is 0.836. The predicted molar refractivity (Wildman–Crippen MR) is 281 cm³/mol. The zero-order valence-corrected chi connectivity index (χ0v) is 48.4. The summed E-state index contributed by atoms with van der Waals surface area (Å²) in [7, 11) is 0. The second-order valence-electron chi connectivity index (χ2n) is 23.2. The van der Waals surface area contributed by atoms with E-state index < -0.39 is 285 Å². The van der Waals surface area contributed by atoms with Crippen molar-refractivity contribution in [3.05, 3.63) is 18.2 Å². The van der Waals surface area contributed by atoms with Gasteiger partial charge in [-0.1, -0.05) is 0 Å². The standard InChI is InChI=1S/C51H82N4O37/c56-6-16-38-25(65)32(72)47(81-16)89-40-18(8-58)83-49(34(74)27(40)67)91-42-20(10-60)85-51(36(76)29(42)69)92-43-21(11-61)84-50(35(75)28(43)68)90-41-19(9-59)82-48(33(73)26(41)66)88-39-17(7-57)80-46(31(71)24(39)64)86-37-15(79-45(87-38)30(70)23(37)63)5-52-2-1-22(62)55-14(44(77)78)3-13-4-53-12-54-13/h4,12,14-21,23-43,45-52,56-61,63-76H,1-3,5-11H2,(H,53,54)(H,55,62)(H,77,78)/t14-,15+,16+,17+,18+,19+,20+,21+,23+,24+,25+,26+,27+,28+,29+,30+,31+,32+,33+,34+,35+,36+,37+,38+,39+,40+,41+,42+,43+,45+,46+,47+,48+,49+,50+,51+/m0/s1. The van der Waals surface area contributed by atoms with Gasteiger partial charge < -0.3 is 189 Å². The minimum absolute atomic E-state index is 0.170. The SMILES string of the molecule is O=C(CCNC[C@H]1O[C@@H]2O[C@H]3[C@H](O)[C@@H](O)[C@@H](O[C@H]4[C@H](O)[C@@H](O)[C@@H](O[C@H]5[C@H](O)[C@@H](O)[C@@H](O[C@H]6[C@H](O)[C@@H](O)[C@@H](O[C@H]7[C@H](O)[C@@H](O)[C@@H](O[C@H]8[C@H](O)[C@@H](O)[C@@H](O[C@H]1[C@H](O)[C@H]2O)O[C@@H]8CO)O[C@@H]7CO)O[C@@H]6CO)O[C@@H]5CO)O[C@@H]4CO)O[C@@H]3CO)N[C@@H](Cc1cnc[nH]1)C(=O)O. The Morgan fingerprint density at radius 3 is 0.870 bits per heavy atom. The van der Waals surface area contributed by atoms with Crippen molar-refractivity contribution < 1.29 is 183 Å². The molecule has 14 bridgehead atoms. The first-order valence-electron chi connectivity index (χ1n) is 29.4. The number of aromatic nitrogens is 2. The van der Waals surface area contributed by atoms with Gasteiger partial charge in [-0.25, -0.2) is 9.78 Å². The first-order valence-corrected chi connectivity index (χ1v) is 29.4. The third-order valence-electron chi connectivity index (χ3n) is 17.1. The van der Waals surface area contributed by atoms with Crippen LogP contribution in [0.1, 0.15) is 12.1 Å². The fourth-order valence-corrected chi connectivity index (χ4v) is 12.0. The highest BCUT2D eigenvalue weighted by molar-refractivity contribution is 5.83. The number of rotatable bonds is 15. The number of carbonyl (C=O) groups excluding carboxylic acids is 1. The zero-order chi connectivity index (χ0) is 66.7. The number of hydrogen-bond donors (Lipinski definition) is 24. The Morgan fingerprint density at radius 2 is 0.641 bits per heavy atom. The minimum Gasteiger partial charge on any atom is -0.480 e. The van der Waals surface area contributed by atoms with Gasteiger partial charge in [0.25, 0.3) is 0 Å². The van der Waals surface area contributed by atoms with Gasteiger partial charge in [-0.2, -0.15) is 0 Å². The molecule has 92 heavy (non-hydrogen) atoms. The Balaban J connectivity index is 0.990. The third kappa shape index (κ3) is 15.5. The lowest BCUT2D eigenvalue weighted by Crippen LogP contribution is -2.68. The summed E-state index contributed by atoms with van der Waals surface area (Å²) >= 11 is 0. The molecule has 0 aromatic carbocycles. The molecule has 0 spiro atoms. The number of carboxylic acids is 1. The van der Waals surface area contributed by atoms with Gasteiger partial charge in [-0.3, -0.25) is 4.79 Å². The Morgan fingerprint density at radius 1 is 0.391 bits per heavy atom. The van der Waals surface area contributed by atoms with Gasteiger partial charge in [0.15, 0.2) is 44.0 Å². The van der Waals surface area contributed by atoms with E-state index in [9.17, 15) is 117 Å². The van der Waals surface area contributed by atoms with Crippen LogP contribution in [0.25, 0.3) is 0 Å². The summed E-state index contributed by atoms with van der Waals surface area (Å²) in [5.74, 6) is -2.14. The maximum absolute atomic E-state index is 13.0. The van der Waals surface area contributed by atoms with Crippen molar-refractivity contribution in [3.8, 4) is 0 Å². The molecule has 21 saturated heterocycles. The molecule has 41 nitrogen and oxygen atoms in total. The molecule has 22 rings (SSSR count). The number of carbonyl (C=O) groups is 2. The summed E-state index contributed by atoms with van der Waals surface area (Å²) in [6, 6.07) is -1.40. The molecule has 21 aliphatic heterocycles. The highest BCUT2D eigenvalue weighted by Crippen LogP contribution is 2.39. The van der Waals surface area contributed by atoms with Gasteiger partial charge in [0.1, 0.15) is 177 Å². The molecule has 41 heteroatoms. The number of nitrogens with one attached hydrogen (secondary N) is 3. The van der Waals surface area contributed by atoms with Crippen LogP contribution in [0.4, 0.5) is 0 Å². The van der Waals surface area contributed by atoms with Crippen LogP contribution in [-0.4, -0.2) is 403 Å². The lowest BCUT2D eigenvalue weighted by molar-refractivity contribution is -0.396. The molecular weight excluding hydrogens is 1260 g/mol. The summed E-state index contributed by atoms with van der Waals surface area (Å²) in [6.45, 7) is -7.27. The molecule has 528 valence electrons. The lowest BCUT2D eigenvalue weighted by Gasteiger charge is -2.50. The summed E-state index contributed by atoms with van der Waals surface area (Å²) in [5.41, 5.74) is 0.390. The molecule has 21 fully saturated rings. The van der Waals surface area contributed by atoms with E-state index in [2.05, 4.69) is 20.6 Å². The summed E-state index contributed by atoms with van der Waals surface area (Å²) in [6.07, 6.45) is -69.6. The number of amides is 1. The van der Waals surface area contributed by atoms with E-state index in [0.29, 0.717) is 5.69 Å². The van der Waals surface area contributed by atoms with Crippen molar-refractivity contribution in [1.29, 1.82) is 0 Å². The molecule has 0 radical (unpaired) electrons. The lowest BCUT2D eigenvalue weighted by atomic mass is 9.95. The number of aliphatic carboxylic acids is 1. The van der Waals surface area contributed by atoms with Gasteiger partial charge in [0.05, 0.1) is 46.0 Å². The van der Waals surface area contributed by atoms with Crippen LogP contribution >= 0.6 is 0 Å². The van der Waals surface area contributed by atoms with Crippen molar-refractivity contribution in [2.24, 2.45) is 0 Å².